The molecule has 2 aromatic rings. The van der Waals surface area contributed by atoms with Crippen LogP contribution in [0.3, 0.4) is 0 Å². The molecule has 0 fully saturated rings. The van der Waals surface area contributed by atoms with Gasteiger partial charge in [-0.1, -0.05) is 23.2 Å². The van der Waals surface area contributed by atoms with Crippen LogP contribution in [0, 0.1) is 5.82 Å². The SMILES string of the molecule is Fc1ccc(Cl)cc1-c1cc(Cl)ncn1. The van der Waals surface area contributed by atoms with Gasteiger partial charge in [0.1, 0.15) is 17.3 Å². The number of hydrogen-bond acceptors (Lipinski definition) is 2. The van der Waals surface area contributed by atoms with E-state index in [9.17, 15) is 4.39 Å². The Labute approximate surface area is 95.7 Å². The van der Waals surface area contributed by atoms with Gasteiger partial charge in [-0.2, -0.15) is 0 Å². The fourth-order valence-corrected chi connectivity index (χ4v) is 1.49. The van der Waals surface area contributed by atoms with E-state index in [-0.39, 0.29) is 5.15 Å². The zero-order valence-electron chi connectivity index (χ0n) is 7.42. The zero-order chi connectivity index (χ0) is 10.8. The summed E-state index contributed by atoms with van der Waals surface area (Å²) < 4.78 is 13.4. The van der Waals surface area contributed by atoms with Crippen molar-refractivity contribution in [3.8, 4) is 11.3 Å². The lowest BCUT2D eigenvalue weighted by molar-refractivity contribution is 0.630. The molecule has 0 saturated heterocycles. The highest BCUT2D eigenvalue weighted by atomic mass is 35.5. The minimum atomic E-state index is -0.394. The molecule has 0 aliphatic heterocycles. The molecule has 0 saturated carbocycles. The summed E-state index contributed by atoms with van der Waals surface area (Å²) in [7, 11) is 0. The lowest BCUT2D eigenvalue weighted by Crippen LogP contribution is -1.89. The first kappa shape index (κ1) is 10.3. The minimum absolute atomic E-state index is 0.263. The molecule has 2 nitrogen and oxygen atoms in total. The quantitative estimate of drug-likeness (QED) is 0.715. The van der Waals surface area contributed by atoms with Gasteiger partial charge in [0.05, 0.1) is 5.69 Å². The van der Waals surface area contributed by atoms with Crippen molar-refractivity contribution in [2.45, 2.75) is 0 Å². The van der Waals surface area contributed by atoms with Crippen molar-refractivity contribution in [1.82, 2.24) is 9.97 Å². The average molecular weight is 243 g/mol. The predicted molar refractivity (Wildman–Crippen MR) is 57.4 cm³/mol. The van der Waals surface area contributed by atoms with Gasteiger partial charge >= 0.3 is 0 Å². The largest absolute Gasteiger partial charge is 0.236 e. The van der Waals surface area contributed by atoms with E-state index < -0.39 is 5.82 Å². The summed E-state index contributed by atoms with van der Waals surface area (Å²) in [5, 5.41) is 0.709. The molecule has 0 aliphatic carbocycles. The topological polar surface area (TPSA) is 25.8 Å². The summed E-state index contributed by atoms with van der Waals surface area (Å²) >= 11 is 11.4. The molecule has 1 aromatic carbocycles. The van der Waals surface area contributed by atoms with E-state index in [0.717, 1.165) is 0 Å². The van der Waals surface area contributed by atoms with E-state index in [4.69, 9.17) is 23.2 Å². The van der Waals surface area contributed by atoms with Crippen LogP contribution in [0.15, 0.2) is 30.6 Å². The Balaban J connectivity index is 2.58. The molecular weight excluding hydrogens is 238 g/mol. The van der Waals surface area contributed by atoms with Crippen LogP contribution in [0.4, 0.5) is 4.39 Å². The molecule has 0 N–H and O–H groups in total. The number of halogens is 3. The van der Waals surface area contributed by atoms with Crippen molar-refractivity contribution < 1.29 is 4.39 Å². The highest BCUT2D eigenvalue weighted by Crippen LogP contribution is 2.25. The summed E-state index contributed by atoms with van der Waals surface area (Å²) in [4.78, 5) is 7.63. The highest BCUT2D eigenvalue weighted by molar-refractivity contribution is 6.31. The van der Waals surface area contributed by atoms with Gasteiger partial charge in [0, 0.05) is 16.7 Å². The van der Waals surface area contributed by atoms with Crippen molar-refractivity contribution in [1.29, 1.82) is 0 Å². The summed E-state index contributed by atoms with van der Waals surface area (Å²) in [6.45, 7) is 0. The van der Waals surface area contributed by atoms with Crippen LogP contribution in [0.25, 0.3) is 11.3 Å². The van der Waals surface area contributed by atoms with Gasteiger partial charge in [-0.25, -0.2) is 14.4 Å². The highest BCUT2D eigenvalue weighted by Gasteiger charge is 2.07. The van der Waals surface area contributed by atoms with Gasteiger partial charge in [0.15, 0.2) is 0 Å². The van der Waals surface area contributed by atoms with Crippen LogP contribution >= 0.6 is 23.2 Å². The van der Waals surface area contributed by atoms with E-state index in [1.807, 2.05) is 0 Å². The molecule has 5 heteroatoms. The minimum Gasteiger partial charge on any atom is -0.236 e. The second-order valence-corrected chi connectivity index (χ2v) is 3.67. The molecule has 0 radical (unpaired) electrons. The molecule has 0 aliphatic rings. The Morgan fingerprint density at radius 1 is 1.07 bits per heavy atom. The standard InChI is InChI=1S/C10H5Cl2FN2/c11-6-1-2-8(13)7(3-6)9-4-10(12)15-5-14-9/h1-5H. The fraction of sp³-hybridized carbons (Fsp3) is 0. The number of nitrogens with zero attached hydrogens (tertiary/aromatic N) is 2. The van der Waals surface area contributed by atoms with E-state index in [2.05, 4.69) is 9.97 Å². The Kier molecular flexibility index (Phi) is 2.84. The predicted octanol–water partition coefficient (Wildman–Crippen LogP) is 3.59. The van der Waals surface area contributed by atoms with E-state index >= 15 is 0 Å². The molecule has 15 heavy (non-hydrogen) atoms. The second-order valence-electron chi connectivity index (χ2n) is 2.85. The van der Waals surface area contributed by atoms with E-state index in [1.54, 1.807) is 0 Å². The first-order chi connectivity index (χ1) is 7.16. The van der Waals surface area contributed by atoms with Crippen molar-refractivity contribution in [2.75, 3.05) is 0 Å². The summed E-state index contributed by atoms with van der Waals surface area (Å²) in [6.07, 6.45) is 1.28. The van der Waals surface area contributed by atoms with Gasteiger partial charge in [0.2, 0.25) is 0 Å². The Morgan fingerprint density at radius 2 is 1.87 bits per heavy atom. The summed E-state index contributed by atoms with van der Waals surface area (Å²) in [5.41, 5.74) is 0.724. The van der Waals surface area contributed by atoms with Crippen LogP contribution in [0.2, 0.25) is 10.2 Å². The van der Waals surface area contributed by atoms with Gasteiger partial charge in [-0.05, 0) is 18.2 Å². The van der Waals surface area contributed by atoms with Crippen molar-refractivity contribution in [2.24, 2.45) is 0 Å². The molecule has 0 atom stereocenters. The third-order valence-corrected chi connectivity index (χ3v) is 2.28. The van der Waals surface area contributed by atoms with Crippen LogP contribution in [-0.2, 0) is 0 Å². The van der Waals surface area contributed by atoms with Crippen molar-refractivity contribution >= 4 is 23.2 Å². The lowest BCUT2D eigenvalue weighted by atomic mass is 10.1. The van der Waals surface area contributed by atoms with Crippen LogP contribution in [0.1, 0.15) is 0 Å². The van der Waals surface area contributed by atoms with E-state index in [1.165, 1.54) is 30.6 Å². The van der Waals surface area contributed by atoms with E-state index in [0.29, 0.717) is 16.3 Å². The third-order valence-electron chi connectivity index (χ3n) is 1.84. The van der Waals surface area contributed by atoms with Crippen LogP contribution in [-0.4, -0.2) is 9.97 Å². The average Bonchev–Trinajstić information content (AvgIpc) is 2.22. The molecule has 1 heterocycles. The van der Waals surface area contributed by atoms with Gasteiger partial charge < -0.3 is 0 Å². The number of hydrogen-bond donors (Lipinski definition) is 0. The zero-order valence-corrected chi connectivity index (χ0v) is 8.93. The smallest absolute Gasteiger partial charge is 0.133 e. The van der Waals surface area contributed by atoms with Crippen LogP contribution in [0.5, 0.6) is 0 Å². The summed E-state index contributed by atoms with van der Waals surface area (Å²) in [5.74, 6) is -0.394. The maximum absolute atomic E-state index is 13.4. The molecule has 0 bridgehead atoms. The Hall–Kier alpha value is -1.19. The number of rotatable bonds is 1. The summed E-state index contributed by atoms with van der Waals surface area (Å²) in [6, 6.07) is 5.74. The number of aromatic nitrogens is 2. The number of benzene rings is 1. The normalized spacial score (nSPS) is 10.3. The molecule has 2 rings (SSSR count). The van der Waals surface area contributed by atoms with Crippen molar-refractivity contribution in [3.63, 3.8) is 0 Å². The fourth-order valence-electron chi connectivity index (χ4n) is 1.17. The second kappa shape index (κ2) is 4.13. The molecular formula is C10H5Cl2FN2. The Morgan fingerprint density at radius 3 is 2.60 bits per heavy atom. The molecule has 0 spiro atoms. The molecule has 0 unspecified atom stereocenters. The third kappa shape index (κ3) is 2.25. The lowest BCUT2D eigenvalue weighted by Gasteiger charge is -2.02. The molecule has 0 amide bonds. The molecule has 1 aromatic heterocycles. The van der Waals surface area contributed by atoms with Crippen LogP contribution < -0.4 is 0 Å². The molecule has 76 valence electrons. The maximum Gasteiger partial charge on any atom is 0.133 e. The first-order valence-electron chi connectivity index (χ1n) is 4.10. The van der Waals surface area contributed by atoms with Crippen molar-refractivity contribution in [3.05, 3.63) is 46.6 Å². The monoisotopic (exact) mass is 242 g/mol. The first-order valence-corrected chi connectivity index (χ1v) is 4.85. The van der Waals surface area contributed by atoms with Gasteiger partial charge in [0.25, 0.3) is 0 Å². The maximum atomic E-state index is 13.4. The Bertz CT molecular complexity index is 503. The van der Waals surface area contributed by atoms with Gasteiger partial charge in [-0.3, -0.25) is 0 Å². The van der Waals surface area contributed by atoms with Gasteiger partial charge in [-0.15, -0.1) is 0 Å².